The smallest absolute Gasteiger partial charge is 0.306 e. The number of allylic oxidation sites excluding steroid dienone is 2. The van der Waals surface area contributed by atoms with Crippen LogP contribution in [0.15, 0.2) is 24.3 Å². The molecule has 6 fully saturated rings. The third-order valence-electron chi connectivity index (χ3n) is 17.8. The van der Waals surface area contributed by atoms with Crippen molar-refractivity contribution < 1.29 is 24.2 Å². The van der Waals surface area contributed by atoms with Gasteiger partial charge in [-0.25, -0.2) is 0 Å². The number of carbonyl (C=O) groups excluding carboxylic acids is 2. The van der Waals surface area contributed by atoms with Gasteiger partial charge in [0.15, 0.2) is 0 Å². The van der Waals surface area contributed by atoms with Crippen molar-refractivity contribution in [3.63, 3.8) is 0 Å². The highest BCUT2D eigenvalue weighted by atomic mass is 16.5. The van der Waals surface area contributed by atoms with E-state index in [0.717, 1.165) is 64.3 Å². The Hall–Kier alpha value is -2.11. The molecule has 53 heavy (non-hydrogen) atoms. The monoisotopic (exact) mass is 734 g/mol. The van der Waals surface area contributed by atoms with Gasteiger partial charge in [0.05, 0.1) is 12.8 Å². The van der Waals surface area contributed by atoms with Crippen molar-refractivity contribution in [2.24, 2.45) is 62.1 Å². The Morgan fingerprint density at radius 1 is 0.830 bits per heavy atom. The highest BCUT2D eigenvalue weighted by molar-refractivity contribution is 5.78. The van der Waals surface area contributed by atoms with Gasteiger partial charge in [-0.15, -0.1) is 6.58 Å². The molecule has 1 aliphatic heterocycles. The normalized spacial score (nSPS) is 41.8. The van der Waals surface area contributed by atoms with E-state index in [1.807, 2.05) is 13.8 Å². The maximum absolute atomic E-state index is 14.4. The largest absolute Gasteiger partial charge is 0.481 e. The Bertz CT molecular complexity index is 1480. The third-order valence-corrected chi connectivity index (χ3v) is 17.8. The van der Waals surface area contributed by atoms with Gasteiger partial charge in [0, 0.05) is 24.4 Å². The van der Waals surface area contributed by atoms with Crippen molar-refractivity contribution in [2.45, 2.75) is 184 Å². The molecule has 6 nitrogen and oxygen atoms in total. The van der Waals surface area contributed by atoms with E-state index in [1.54, 1.807) is 0 Å². The van der Waals surface area contributed by atoms with Crippen molar-refractivity contribution in [1.82, 2.24) is 4.90 Å². The van der Waals surface area contributed by atoms with E-state index in [4.69, 9.17) is 4.74 Å². The molecule has 5 aliphatic carbocycles. The van der Waals surface area contributed by atoms with E-state index in [2.05, 4.69) is 66.5 Å². The van der Waals surface area contributed by atoms with Crippen molar-refractivity contribution in [1.29, 1.82) is 0 Å². The molecule has 0 bridgehead atoms. The fourth-order valence-corrected chi connectivity index (χ4v) is 15.1. The summed E-state index contributed by atoms with van der Waals surface area (Å²) in [5.41, 5.74) is 2.43. The maximum atomic E-state index is 14.4. The predicted octanol–water partition coefficient (Wildman–Crippen LogP) is 11.2. The van der Waals surface area contributed by atoms with E-state index in [9.17, 15) is 19.5 Å². The van der Waals surface area contributed by atoms with Crippen LogP contribution >= 0.6 is 0 Å². The molecule has 0 unspecified atom stereocenters. The molecule has 0 aromatic heterocycles. The van der Waals surface area contributed by atoms with Gasteiger partial charge in [0.2, 0.25) is 5.91 Å². The fourth-order valence-electron chi connectivity index (χ4n) is 15.1. The van der Waals surface area contributed by atoms with Gasteiger partial charge in [0.1, 0.15) is 6.10 Å². The number of rotatable bonds is 11. The minimum atomic E-state index is -0.879. The van der Waals surface area contributed by atoms with Gasteiger partial charge in [-0.05, 0) is 160 Å². The lowest BCUT2D eigenvalue weighted by Gasteiger charge is -2.73. The first kappa shape index (κ1) is 40.6. The average Bonchev–Trinajstić information content (AvgIpc) is 3.66. The average molecular weight is 734 g/mol. The van der Waals surface area contributed by atoms with Crippen LogP contribution in [0.25, 0.3) is 0 Å². The quantitative estimate of drug-likeness (QED) is 0.169. The molecule has 6 heteroatoms. The molecule has 11 atom stereocenters. The summed E-state index contributed by atoms with van der Waals surface area (Å²) in [7, 11) is 0. The number of hydrogen-bond donors (Lipinski definition) is 1. The van der Waals surface area contributed by atoms with Crippen LogP contribution in [-0.4, -0.2) is 46.5 Å². The molecule has 1 N–H and O–H groups in total. The van der Waals surface area contributed by atoms with Crippen molar-refractivity contribution in [2.75, 3.05) is 6.54 Å². The van der Waals surface area contributed by atoms with Crippen LogP contribution in [0.4, 0.5) is 0 Å². The molecule has 1 saturated heterocycles. The van der Waals surface area contributed by atoms with E-state index in [-0.39, 0.29) is 52.0 Å². The molecule has 298 valence electrons. The molecule has 0 spiro atoms. The van der Waals surface area contributed by atoms with Gasteiger partial charge in [-0.2, -0.15) is 0 Å². The van der Waals surface area contributed by atoms with E-state index in [0.29, 0.717) is 41.5 Å². The molecule has 0 aromatic carbocycles. The maximum Gasteiger partial charge on any atom is 0.306 e. The summed E-state index contributed by atoms with van der Waals surface area (Å²) in [5, 5.41) is 9.37. The fraction of sp³-hybridized carbons (Fsp3) is 0.851. The first-order chi connectivity index (χ1) is 24.6. The second-order valence-corrected chi connectivity index (χ2v) is 21.9. The van der Waals surface area contributed by atoms with Crippen LogP contribution in [0.2, 0.25) is 0 Å². The lowest BCUT2D eigenvalue weighted by atomic mass is 9.32. The lowest BCUT2D eigenvalue weighted by Crippen LogP contribution is -2.67. The minimum absolute atomic E-state index is 0.0446. The Morgan fingerprint density at radius 3 is 2.21 bits per heavy atom. The zero-order valence-electron chi connectivity index (χ0n) is 35.2. The number of hydrogen-bond acceptors (Lipinski definition) is 4. The summed E-state index contributed by atoms with van der Waals surface area (Å²) in [6.07, 6.45) is 16.5. The molecular formula is C47H75NO5. The number of nitrogens with zero attached hydrogens (tertiary/aromatic N) is 1. The third kappa shape index (κ3) is 6.89. The van der Waals surface area contributed by atoms with Gasteiger partial charge >= 0.3 is 11.9 Å². The van der Waals surface area contributed by atoms with Gasteiger partial charge in [0.25, 0.3) is 0 Å². The molecule has 0 radical (unpaired) electrons. The first-order valence-corrected chi connectivity index (χ1v) is 21.6. The number of carboxylic acid groups (broad SMARTS) is 1. The second-order valence-electron chi connectivity index (χ2n) is 21.9. The standard InChI is InChI=1S/C47H75NO5/c1-30(2)14-15-32-13-12-26-48(32)38(49)27-47-23-18-33(31(3)4)41(47)34-16-17-36-44(9)21-20-37(53-40(52)29-42(5,6)28-39(50)51)43(7,8)35(44)19-22-46(36,11)45(34,10)24-25-47/h32-37,41H,1,3,12-29H2,2,4-11H3,(H,50,51)/t32-,33-,34+,35-,36+,37-,41+,44-,45+,46+,47+/m0/s1. The highest BCUT2D eigenvalue weighted by Gasteiger charge is 2.71. The summed E-state index contributed by atoms with van der Waals surface area (Å²) in [6, 6.07) is 0.373. The summed E-state index contributed by atoms with van der Waals surface area (Å²) in [5.74, 6) is 1.98. The second kappa shape index (κ2) is 14.1. The molecule has 0 aromatic rings. The number of aliphatic carboxylic acids is 1. The number of likely N-dealkylation sites (tertiary alicyclic amines) is 1. The van der Waals surface area contributed by atoms with Crippen LogP contribution in [-0.2, 0) is 19.1 Å². The minimum Gasteiger partial charge on any atom is -0.481 e. The van der Waals surface area contributed by atoms with Crippen molar-refractivity contribution >= 4 is 17.8 Å². The molecule has 6 rings (SSSR count). The van der Waals surface area contributed by atoms with Crippen LogP contribution in [0.1, 0.15) is 171 Å². The number of fused-ring (bicyclic) bond motifs is 7. The first-order valence-electron chi connectivity index (χ1n) is 21.6. The van der Waals surface area contributed by atoms with E-state index >= 15 is 0 Å². The Morgan fingerprint density at radius 2 is 1.55 bits per heavy atom. The van der Waals surface area contributed by atoms with E-state index in [1.165, 1.54) is 49.7 Å². The van der Waals surface area contributed by atoms with Crippen LogP contribution in [0, 0.1) is 62.1 Å². The zero-order valence-corrected chi connectivity index (χ0v) is 35.2. The van der Waals surface area contributed by atoms with Crippen molar-refractivity contribution in [3.8, 4) is 0 Å². The Balaban J connectivity index is 1.22. The number of esters is 1. The van der Waals surface area contributed by atoms with Gasteiger partial charge in [-0.3, -0.25) is 14.4 Å². The topological polar surface area (TPSA) is 83.9 Å². The van der Waals surface area contributed by atoms with Crippen LogP contribution in [0.5, 0.6) is 0 Å². The zero-order chi connectivity index (χ0) is 38.9. The van der Waals surface area contributed by atoms with Gasteiger partial charge in [-0.1, -0.05) is 66.2 Å². The molecule has 1 amide bonds. The summed E-state index contributed by atoms with van der Waals surface area (Å²) in [4.78, 5) is 41.4. The van der Waals surface area contributed by atoms with Gasteiger partial charge < -0.3 is 14.7 Å². The Kier molecular flexibility index (Phi) is 10.8. The lowest BCUT2D eigenvalue weighted by molar-refractivity contribution is -0.250. The highest BCUT2D eigenvalue weighted by Crippen LogP contribution is 2.78. The number of carbonyl (C=O) groups is 3. The van der Waals surface area contributed by atoms with E-state index < -0.39 is 11.4 Å². The Labute approximate surface area is 322 Å². The molecule has 6 aliphatic rings. The SMILES string of the molecule is C=C(C)CC[C@@H]1CCCN1C(=O)C[C@]12CC[C@@H](C(=C)C)[C@@H]1[C@H]1CC[C@@H]3[C@@]4(C)CC[C@H](OC(=O)CC(C)(C)CC(=O)O)C(C)(C)[C@@H]4CC[C@@]3(C)[C@]1(C)CC2. The predicted molar refractivity (Wildman–Crippen MR) is 213 cm³/mol. The molecular weight excluding hydrogens is 659 g/mol. The molecule has 5 saturated carbocycles. The summed E-state index contributed by atoms with van der Waals surface area (Å²) in [6.45, 7) is 30.4. The number of carboxylic acids is 1. The summed E-state index contributed by atoms with van der Waals surface area (Å²) < 4.78 is 6.30. The molecule has 1 heterocycles. The van der Waals surface area contributed by atoms with Crippen LogP contribution in [0.3, 0.4) is 0 Å². The number of amides is 1. The van der Waals surface area contributed by atoms with Crippen LogP contribution < -0.4 is 0 Å². The number of ether oxygens (including phenoxy) is 1. The summed E-state index contributed by atoms with van der Waals surface area (Å²) >= 11 is 0. The van der Waals surface area contributed by atoms with Crippen molar-refractivity contribution in [3.05, 3.63) is 24.3 Å².